The average Bonchev–Trinajstić information content (AvgIpc) is 2.76. The van der Waals surface area contributed by atoms with Gasteiger partial charge in [-0.05, 0) is 74.7 Å². The van der Waals surface area contributed by atoms with E-state index in [1.54, 1.807) is 25.1 Å². The van der Waals surface area contributed by atoms with Crippen molar-refractivity contribution in [3.8, 4) is 5.75 Å². The van der Waals surface area contributed by atoms with Gasteiger partial charge in [-0.15, -0.1) is 0 Å². The van der Waals surface area contributed by atoms with E-state index in [4.69, 9.17) is 4.74 Å². The third kappa shape index (κ3) is 5.48. The summed E-state index contributed by atoms with van der Waals surface area (Å²) in [5, 5.41) is 2.95. The second-order valence-electron chi connectivity index (χ2n) is 7.59. The van der Waals surface area contributed by atoms with Crippen LogP contribution in [0.5, 0.6) is 5.75 Å². The molecule has 0 radical (unpaired) electrons. The summed E-state index contributed by atoms with van der Waals surface area (Å²) in [4.78, 5) is 13.0. The zero-order valence-electron chi connectivity index (χ0n) is 18.7. The number of nitrogens with one attached hydrogen (secondary N) is 2. The molecule has 0 aliphatic heterocycles. The molecule has 1 amide bonds. The molecule has 0 aliphatic rings. The van der Waals surface area contributed by atoms with Crippen LogP contribution in [0.4, 0.5) is 5.69 Å². The number of carbonyl (C=O) groups is 1. The zero-order valence-corrected chi connectivity index (χ0v) is 19.5. The molecule has 0 aromatic heterocycles. The first-order chi connectivity index (χ1) is 15.2. The second kappa shape index (κ2) is 9.87. The summed E-state index contributed by atoms with van der Waals surface area (Å²) in [6.07, 6.45) is 0. The number of sulfonamides is 1. The summed E-state index contributed by atoms with van der Waals surface area (Å²) >= 11 is 0. The van der Waals surface area contributed by atoms with Crippen molar-refractivity contribution in [1.29, 1.82) is 0 Å². The van der Waals surface area contributed by atoms with E-state index in [1.807, 2.05) is 57.2 Å². The minimum absolute atomic E-state index is 0.0326. The van der Waals surface area contributed by atoms with Crippen LogP contribution in [-0.2, 0) is 10.0 Å². The van der Waals surface area contributed by atoms with E-state index in [1.165, 1.54) is 12.1 Å². The Kier molecular flexibility index (Phi) is 7.20. The number of benzene rings is 3. The Morgan fingerprint density at radius 2 is 1.66 bits per heavy atom. The fourth-order valence-corrected chi connectivity index (χ4v) is 4.44. The summed E-state index contributed by atoms with van der Waals surface area (Å²) in [5.74, 6) is 0.432. The highest BCUT2D eigenvalue weighted by Gasteiger charge is 2.20. The smallest absolute Gasteiger partial charge is 0.261 e. The summed E-state index contributed by atoms with van der Waals surface area (Å²) in [6, 6.07) is 18.9. The molecule has 0 spiro atoms. The van der Waals surface area contributed by atoms with E-state index >= 15 is 0 Å². The summed E-state index contributed by atoms with van der Waals surface area (Å²) in [6.45, 7) is 7.99. The lowest BCUT2D eigenvalue weighted by Crippen LogP contribution is -2.27. The van der Waals surface area contributed by atoms with Crippen molar-refractivity contribution in [2.75, 3.05) is 11.3 Å². The maximum absolute atomic E-state index is 13.0. The van der Waals surface area contributed by atoms with Crippen molar-refractivity contribution < 1.29 is 17.9 Å². The lowest BCUT2D eigenvalue weighted by Gasteiger charge is -2.17. The predicted molar refractivity (Wildman–Crippen MR) is 127 cm³/mol. The van der Waals surface area contributed by atoms with Gasteiger partial charge >= 0.3 is 0 Å². The molecule has 7 heteroatoms. The molecule has 2 N–H and O–H groups in total. The van der Waals surface area contributed by atoms with Gasteiger partial charge in [-0.1, -0.05) is 36.4 Å². The molecule has 0 heterocycles. The molecule has 3 aromatic carbocycles. The molecule has 1 unspecified atom stereocenters. The third-order valence-electron chi connectivity index (χ3n) is 5.19. The normalized spacial score (nSPS) is 12.1. The van der Waals surface area contributed by atoms with Crippen LogP contribution < -0.4 is 14.8 Å². The first kappa shape index (κ1) is 23.3. The Morgan fingerprint density at radius 3 is 2.31 bits per heavy atom. The zero-order chi connectivity index (χ0) is 23.3. The largest absolute Gasteiger partial charge is 0.494 e. The van der Waals surface area contributed by atoms with Crippen LogP contribution >= 0.6 is 0 Å². The molecule has 168 valence electrons. The number of hydrogen-bond donors (Lipinski definition) is 2. The average molecular weight is 453 g/mol. The van der Waals surface area contributed by atoms with Crippen molar-refractivity contribution in [2.24, 2.45) is 0 Å². The van der Waals surface area contributed by atoms with Gasteiger partial charge in [0.1, 0.15) is 5.75 Å². The second-order valence-corrected chi connectivity index (χ2v) is 9.28. The van der Waals surface area contributed by atoms with Crippen molar-refractivity contribution in [3.05, 3.63) is 89.0 Å². The molecule has 3 aromatic rings. The molecule has 0 saturated carbocycles. The Morgan fingerprint density at radius 1 is 0.969 bits per heavy atom. The van der Waals surface area contributed by atoms with Crippen LogP contribution in [0.3, 0.4) is 0 Å². The van der Waals surface area contributed by atoms with Crippen LogP contribution in [0.1, 0.15) is 46.9 Å². The molecule has 0 aliphatic carbocycles. The molecule has 3 rings (SSSR count). The van der Waals surface area contributed by atoms with Gasteiger partial charge in [0.2, 0.25) is 0 Å². The summed E-state index contributed by atoms with van der Waals surface area (Å²) in [5.41, 5.74) is 3.24. The van der Waals surface area contributed by atoms with Crippen LogP contribution in [0.25, 0.3) is 0 Å². The van der Waals surface area contributed by atoms with Crippen molar-refractivity contribution in [3.63, 3.8) is 0 Å². The predicted octanol–water partition coefficient (Wildman–Crippen LogP) is 4.99. The molecule has 32 heavy (non-hydrogen) atoms. The van der Waals surface area contributed by atoms with Crippen molar-refractivity contribution in [1.82, 2.24) is 5.32 Å². The van der Waals surface area contributed by atoms with Crippen molar-refractivity contribution >= 4 is 21.6 Å². The molecule has 0 fully saturated rings. The Hall–Kier alpha value is -3.32. The van der Waals surface area contributed by atoms with Crippen molar-refractivity contribution in [2.45, 2.75) is 38.6 Å². The number of carbonyl (C=O) groups excluding carboxylic acids is 1. The van der Waals surface area contributed by atoms with Gasteiger partial charge in [0.15, 0.2) is 0 Å². The Bertz CT molecular complexity index is 1200. The third-order valence-corrected chi connectivity index (χ3v) is 6.56. The van der Waals surface area contributed by atoms with E-state index in [0.717, 1.165) is 16.9 Å². The molecular weight excluding hydrogens is 424 g/mol. The molecule has 1 atom stereocenters. The standard InChI is InChI=1S/C25H28N2O4S/c1-5-31-21-13-11-20(12-14-21)19(4)26-25(28)23-16-22(15-10-17(23)2)32(29,30)27-24-9-7-6-8-18(24)3/h6-16,19,27H,5H2,1-4H3,(H,26,28). The van der Waals surface area contributed by atoms with E-state index in [2.05, 4.69) is 10.0 Å². The Labute approximate surface area is 189 Å². The first-order valence-electron chi connectivity index (χ1n) is 10.4. The minimum Gasteiger partial charge on any atom is -0.494 e. The minimum atomic E-state index is -3.84. The summed E-state index contributed by atoms with van der Waals surface area (Å²) < 4.78 is 33.9. The maximum Gasteiger partial charge on any atom is 0.261 e. The number of ether oxygens (including phenoxy) is 1. The lowest BCUT2D eigenvalue weighted by molar-refractivity contribution is 0.0939. The Balaban J connectivity index is 1.80. The van der Waals surface area contributed by atoms with Gasteiger partial charge in [0, 0.05) is 5.56 Å². The number of aryl methyl sites for hydroxylation is 2. The van der Waals surface area contributed by atoms with E-state index in [9.17, 15) is 13.2 Å². The van der Waals surface area contributed by atoms with E-state index < -0.39 is 10.0 Å². The van der Waals surface area contributed by atoms with Crippen LogP contribution in [0, 0.1) is 13.8 Å². The number of amides is 1. The van der Waals surface area contributed by atoms with Gasteiger partial charge in [0.05, 0.1) is 23.2 Å². The molecule has 0 saturated heterocycles. The fourth-order valence-electron chi connectivity index (χ4n) is 3.28. The topological polar surface area (TPSA) is 84.5 Å². The fraction of sp³-hybridized carbons (Fsp3) is 0.240. The summed E-state index contributed by atoms with van der Waals surface area (Å²) in [7, 11) is -3.84. The van der Waals surface area contributed by atoms with Gasteiger partial charge in [-0.25, -0.2) is 8.42 Å². The van der Waals surface area contributed by atoms with Crippen LogP contribution in [-0.4, -0.2) is 20.9 Å². The van der Waals surface area contributed by atoms with Gasteiger partial charge in [-0.2, -0.15) is 0 Å². The van der Waals surface area contributed by atoms with Crippen LogP contribution in [0.15, 0.2) is 71.6 Å². The highest BCUT2D eigenvalue weighted by atomic mass is 32.2. The van der Waals surface area contributed by atoms with Gasteiger partial charge < -0.3 is 10.1 Å². The highest BCUT2D eigenvalue weighted by molar-refractivity contribution is 7.92. The number of anilines is 1. The molecule has 0 bridgehead atoms. The SMILES string of the molecule is CCOc1ccc(C(C)NC(=O)c2cc(S(=O)(=O)Nc3ccccc3C)ccc2C)cc1. The van der Waals surface area contributed by atoms with Crippen LogP contribution in [0.2, 0.25) is 0 Å². The van der Waals surface area contributed by atoms with Gasteiger partial charge in [-0.3, -0.25) is 9.52 Å². The van der Waals surface area contributed by atoms with E-state index in [-0.39, 0.29) is 16.8 Å². The molecule has 6 nitrogen and oxygen atoms in total. The lowest BCUT2D eigenvalue weighted by atomic mass is 10.1. The van der Waals surface area contributed by atoms with E-state index in [0.29, 0.717) is 23.4 Å². The maximum atomic E-state index is 13.0. The van der Waals surface area contributed by atoms with Gasteiger partial charge in [0.25, 0.3) is 15.9 Å². The monoisotopic (exact) mass is 452 g/mol. The quantitative estimate of drug-likeness (QED) is 0.504. The number of para-hydroxylation sites is 1. The number of hydrogen-bond acceptors (Lipinski definition) is 4. The first-order valence-corrected chi connectivity index (χ1v) is 11.9. The highest BCUT2D eigenvalue weighted by Crippen LogP contribution is 2.23. The molecular formula is C25H28N2O4S. The number of rotatable bonds is 8.